The average molecular weight is 404 g/mol. The Morgan fingerprint density at radius 2 is 1.71 bits per heavy atom. The zero-order valence-electron chi connectivity index (χ0n) is 16.0. The summed E-state index contributed by atoms with van der Waals surface area (Å²) in [5, 5.41) is 2.68. The minimum absolute atomic E-state index is 0.108. The van der Waals surface area contributed by atoms with Crippen LogP contribution in [0.4, 0.5) is 5.69 Å². The molecule has 0 spiro atoms. The molecule has 8 heteroatoms. The summed E-state index contributed by atoms with van der Waals surface area (Å²) in [4.78, 5) is 24.0. The molecule has 150 valence electrons. The number of pyridine rings is 1. The van der Waals surface area contributed by atoms with Gasteiger partial charge in [0.25, 0.3) is 5.56 Å². The third-order valence-electron chi connectivity index (χ3n) is 4.82. The lowest BCUT2D eigenvalue weighted by Crippen LogP contribution is -2.42. The molecule has 1 N–H and O–H groups in total. The van der Waals surface area contributed by atoms with Gasteiger partial charge in [0.2, 0.25) is 15.9 Å². The van der Waals surface area contributed by atoms with Gasteiger partial charge in [-0.3, -0.25) is 9.59 Å². The molecule has 0 bridgehead atoms. The van der Waals surface area contributed by atoms with Crippen molar-refractivity contribution >= 4 is 21.6 Å². The van der Waals surface area contributed by atoms with Crippen molar-refractivity contribution in [3.8, 4) is 0 Å². The molecule has 1 aliphatic rings. The maximum atomic E-state index is 12.9. The van der Waals surface area contributed by atoms with E-state index in [0.717, 1.165) is 6.42 Å². The number of nitrogens with zero attached hydrogens (tertiary/aromatic N) is 2. The Kier molecular flexibility index (Phi) is 6.00. The fourth-order valence-corrected chi connectivity index (χ4v) is 5.29. The lowest BCUT2D eigenvalue weighted by Gasteiger charge is -2.34. The molecule has 0 unspecified atom stereocenters. The number of hydrogen-bond acceptors (Lipinski definition) is 4. The maximum Gasteiger partial charge on any atom is 0.250 e. The van der Waals surface area contributed by atoms with Gasteiger partial charge in [0.15, 0.2) is 0 Å². The molecule has 1 amide bonds. The van der Waals surface area contributed by atoms with E-state index in [1.807, 2.05) is 0 Å². The van der Waals surface area contributed by atoms with Crippen molar-refractivity contribution in [3.63, 3.8) is 0 Å². The molecule has 7 nitrogen and oxygen atoms in total. The molecule has 1 aliphatic heterocycles. The van der Waals surface area contributed by atoms with E-state index in [1.54, 1.807) is 28.6 Å². The molecular formula is C20H25N3O4S. The van der Waals surface area contributed by atoms with Crippen molar-refractivity contribution in [1.82, 2.24) is 8.87 Å². The summed E-state index contributed by atoms with van der Waals surface area (Å²) in [5.41, 5.74) is 0.220. The zero-order chi connectivity index (χ0) is 20.3. The number of nitrogens with one attached hydrogen (secondary N) is 1. The topological polar surface area (TPSA) is 88.5 Å². The van der Waals surface area contributed by atoms with E-state index in [4.69, 9.17) is 0 Å². The van der Waals surface area contributed by atoms with Crippen molar-refractivity contribution in [1.29, 1.82) is 0 Å². The molecule has 1 aromatic heterocycles. The number of carbonyl (C=O) groups excluding carboxylic acids is 1. The second kappa shape index (κ2) is 8.28. The number of sulfonamides is 1. The average Bonchev–Trinajstić information content (AvgIpc) is 2.63. The van der Waals surface area contributed by atoms with Gasteiger partial charge in [0, 0.05) is 31.0 Å². The Labute approximate surface area is 165 Å². The van der Waals surface area contributed by atoms with Crippen molar-refractivity contribution in [2.45, 2.75) is 31.7 Å². The zero-order valence-corrected chi connectivity index (χ0v) is 16.9. The predicted molar refractivity (Wildman–Crippen MR) is 107 cm³/mol. The summed E-state index contributed by atoms with van der Waals surface area (Å²) in [6, 6.07) is 10.8. The van der Waals surface area contributed by atoms with Crippen LogP contribution in [0.25, 0.3) is 0 Å². The van der Waals surface area contributed by atoms with Crippen LogP contribution in [0.2, 0.25) is 0 Å². The van der Waals surface area contributed by atoms with E-state index in [2.05, 4.69) is 19.2 Å². The van der Waals surface area contributed by atoms with Gasteiger partial charge in [-0.05, 0) is 48.6 Å². The number of benzene rings is 1. The van der Waals surface area contributed by atoms with Crippen molar-refractivity contribution in [2.24, 2.45) is 11.8 Å². The monoisotopic (exact) mass is 403 g/mol. The van der Waals surface area contributed by atoms with Gasteiger partial charge in [0.1, 0.15) is 6.54 Å². The SMILES string of the molecule is C[C@H]1C[C@H](C)CN(S(=O)(=O)c2ccc(NC(=O)Cn3ccccc3=O)cc2)C1. The van der Waals surface area contributed by atoms with Crippen LogP contribution in [0.3, 0.4) is 0 Å². The van der Waals surface area contributed by atoms with E-state index in [-0.39, 0.29) is 22.9 Å². The van der Waals surface area contributed by atoms with Gasteiger partial charge >= 0.3 is 0 Å². The van der Waals surface area contributed by atoms with Crippen LogP contribution in [0.15, 0.2) is 58.4 Å². The van der Waals surface area contributed by atoms with Crippen molar-refractivity contribution < 1.29 is 13.2 Å². The molecule has 3 rings (SSSR count). The summed E-state index contributed by atoms with van der Waals surface area (Å²) in [6.07, 6.45) is 2.57. The van der Waals surface area contributed by atoms with Gasteiger partial charge < -0.3 is 9.88 Å². The minimum atomic E-state index is -3.55. The first kappa shape index (κ1) is 20.3. The predicted octanol–water partition coefficient (Wildman–Crippen LogP) is 2.15. The van der Waals surface area contributed by atoms with Crippen LogP contribution in [0, 0.1) is 11.8 Å². The third-order valence-corrected chi connectivity index (χ3v) is 6.67. The standard InChI is InChI=1S/C20H25N3O4S/c1-15-11-16(2)13-23(12-15)28(26,27)18-8-6-17(7-9-18)21-19(24)14-22-10-4-3-5-20(22)25/h3-10,15-16H,11-14H2,1-2H3,(H,21,24)/t15-,16-/m0/s1. The lowest BCUT2D eigenvalue weighted by molar-refractivity contribution is -0.116. The first-order valence-electron chi connectivity index (χ1n) is 9.31. The summed E-state index contributed by atoms with van der Waals surface area (Å²) in [6.45, 7) is 5.07. The molecule has 0 aliphatic carbocycles. The molecule has 2 aromatic rings. The number of amides is 1. The summed E-state index contributed by atoms with van der Waals surface area (Å²) in [5.74, 6) is 0.305. The molecule has 0 radical (unpaired) electrons. The second-order valence-corrected chi connectivity index (χ2v) is 9.45. The number of piperidine rings is 1. The largest absolute Gasteiger partial charge is 0.325 e. The number of carbonyl (C=O) groups is 1. The smallest absolute Gasteiger partial charge is 0.250 e. The van der Waals surface area contributed by atoms with Gasteiger partial charge in [-0.1, -0.05) is 19.9 Å². The fraction of sp³-hybridized carbons (Fsp3) is 0.400. The van der Waals surface area contributed by atoms with Crippen LogP contribution < -0.4 is 10.9 Å². The lowest BCUT2D eigenvalue weighted by atomic mass is 9.94. The highest BCUT2D eigenvalue weighted by Gasteiger charge is 2.31. The quantitative estimate of drug-likeness (QED) is 0.829. The summed E-state index contributed by atoms with van der Waals surface area (Å²) < 4.78 is 28.6. The first-order chi connectivity index (χ1) is 13.3. The first-order valence-corrected chi connectivity index (χ1v) is 10.8. The van der Waals surface area contributed by atoms with Gasteiger partial charge in [-0.25, -0.2) is 8.42 Å². The highest BCUT2D eigenvalue weighted by molar-refractivity contribution is 7.89. The van der Waals surface area contributed by atoms with Crippen molar-refractivity contribution in [3.05, 3.63) is 59.0 Å². The number of rotatable bonds is 5. The Balaban J connectivity index is 1.68. The molecule has 2 atom stereocenters. The Bertz CT molecular complexity index is 989. The number of aromatic nitrogens is 1. The Morgan fingerprint density at radius 3 is 2.32 bits per heavy atom. The fourth-order valence-electron chi connectivity index (χ4n) is 3.61. The minimum Gasteiger partial charge on any atom is -0.325 e. The summed E-state index contributed by atoms with van der Waals surface area (Å²) >= 11 is 0. The van der Waals surface area contributed by atoms with E-state index in [9.17, 15) is 18.0 Å². The number of hydrogen-bond donors (Lipinski definition) is 1. The van der Waals surface area contributed by atoms with E-state index in [1.165, 1.54) is 29.0 Å². The second-order valence-electron chi connectivity index (χ2n) is 7.51. The van der Waals surface area contributed by atoms with Gasteiger partial charge in [0.05, 0.1) is 4.90 Å². The van der Waals surface area contributed by atoms with E-state index >= 15 is 0 Å². The van der Waals surface area contributed by atoms with E-state index < -0.39 is 10.0 Å². The maximum absolute atomic E-state index is 12.9. The van der Waals surface area contributed by atoms with E-state index in [0.29, 0.717) is 30.6 Å². The molecule has 2 heterocycles. The highest BCUT2D eigenvalue weighted by atomic mass is 32.2. The van der Waals surface area contributed by atoms with Gasteiger partial charge in [-0.2, -0.15) is 4.31 Å². The summed E-state index contributed by atoms with van der Waals surface area (Å²) in [7, 11) is -3.55. The Morgan fingerprint density at radius 1 is 1.07 bits per heavy atom. The van der Waals surface area contributed by atoms with Crippen LogP contribution in [0.5, 0.6) is 0 Å². The van der Waals surface area contributed by atoms with Crippen LogP contribution in [-0.2, 0) is 21.4 Å². The normalized spacial score (nSPS) is 20.6. The molecule has 1 saturated heterocycles. The van der Waals surface area contributed by atoms with Crippen molar-refractivity contribution in [2.75, 3.05) is 18.4 Å². The van der Waals surface area contributed by atoms with Crippen LogP contribution in [0.1, 0.15) is 20.3 Å². The van der Waals surface area contributed by atoms with Crippen LogP contribution >= 0.6 is 0 Å². The molecule has 1 aromatic carbocycles. The third kappa shape index (κ3) is 4.69. The number of anilines is 1. The molecule has 0 saturated carbocycles. The van der Waals surface area contributed by atoms with Gasteiger partial charge in [-0.15, -0.1) is 0 Å². The highest BCUT2D eigenvalue weighted by Crippen LogP contribution is 2.27. The molecular weight excluding hydrogens is 378 g/mol. The van der Waals surface area contributed by atoms with Crippen LogP contribution in [-0.4, -0.2) is 36.3 Å². The Hall–Kier alpha value is -2.45. The molecule has 28 heavy (non-hydrogen) atoms. The molecule has 1 fully saturated rings.